The van der Waals surface area contributed by atoms with Crippen LogP contribution < -0.4 is 9.31 Å². The molecule has 16 heteroatoms. The molecule has 0 saturated carbocycles. The van der Waals surface area contributed by atoms with E-state index in [9.17, 15) is 57.7 Å². The molecule has 176 valence electrons. The molecule has 0 unspecified atom stereocenters. The summed E-state index contributed by atoms with van der Waals surface area (Å²) in [5.74, 6) is -2.97. The molecule has 2 rings (SSSR count). The van der Waals surface area contributed by atoms with Gasteiger partial charge in [0.25, 0.3) is 0 Å². The van der Waals surface area contributed by atoms with Crippen molar-refractivity contribution in [2.75, 3.05) is 0 Å². The van der Waals surface area contributed by atoms with Crippen molar-refractivity contribution in [2.45, 2.75) is 24.7 Å². The average molecular weight is 486 g/mol. The number of hydrogen-bond donors (Lipinski definition) is 1. The van der Waals surface area contributed by atoms with E-state index in [1.165, 1.54) is 0 Å². The van der Waals surface area contributed by atoms with Crippen LogP contribution in [0.4, 0.5) is 52.7 Å². The quantitative estimate of drug-likeness (QED) is 0.414. The molecule has 0 fully saturated rings. The molecule has 32 heavy (non-hydrogen) atoms. The van der Waals surface area contributed by atoms with Gasteiger partial charge in [-0.3, -0.25) is 0 Å². The first-order valence-electron chi connectivity index (χ1n) is 7.88. The number of benzene rings is 2. The predicted molar refractivity (Wildman–Crippen MR) is 82.1 cm³/mol. The zero-order valence-corrected chi connectivity index (χ0v) is 14.8. The van der Waals surface area contributed by atoms with Gasteiger partial charge in [-0.25, -0.2) is 0 Å². The van der Waals surface area contributed by atoms with Gasteiger partial charge in [0.05, 0.1) is 22.3 Å². The highest BCUT2D eigenvalue weighted by atomic mass is 19.4. The Bertz CT molecular complexity index is 930. The molecule has 0 spiro atoms. The summed E-state index contributed by atoms with van der Waals surface area (Å²) in [5, 5.41) is 9.57. The average Bonchev–Trinajstić information content (AvgIpc) is 2.58. The maximum Gasteiger partial charge on any atom is 0.785 e. The van der Waals surface area contributed by atoms with Crippen LogP contribution in [0.1, 0.15) is 22.3 Å². The van der Waals surface area contributed by atoms with Crippen LogP contribution in [-0.2, 0) is 24.7 Å². The molecule has 0 saturated heterocycles. The SMILES string of the molecule is OB(Oc1cc(C(F)(F)F)cc(C(F)(F)F)c1)Oc1cc(C(F)(F)F)ccc1C(F)(F)F. The monoisotopic (exact) mass is 486 g/mol. The molecule has 0 bridgehead atoms. The van der Waals surface area contributed by atoms with Gasteiger partial charge in [-0.05, 0) is 36.4 Å². The molecule has 1 N–H and O–H groups in total. The molecule has 0 aliphatic rings. The Hall–Kier alpha value is -2.78. The minimum Gasteiger partial charge on any atom is -0.501 e. The topological polar surface area (TPSA) is 38.7 Å². The van der Waals surface area contributed by atoms with Crippen LogP contribution in [0.5, 0.6) is 11.5 Å². The number of hydrogen-bond acceptors (Lipinski definition) is 3. The zero-order valence-electron chi connectivity index (χ0n) is 14.8. The first-order valence-corrected chi connectivity index (χ1v) is 7.88. The van der Waals surface area contributed by atoms with Gasteiger partial charge in [-0.15, -0.1) is 0 Å². The lowest BCUT2D eigenvalue weighted by atomic mass is 10.1. The molecular formula is C16H7BF12O3. The van der Waals surface area contributed by atoms with Crippen molar-refractivity contribution < 1.29 is 67.0 Å². The second-order valence-corrected chi connectivity index (χ2v) is 5.99. The van der Waals surface area contributed by atoms with E-state index in [-0.39, 0.29) is 36.4 Å². The molecule has 0 atom stereocenters. The van der Waals surface area contributed by atoms with Crippen LogP contribution >= 0.6 is 0 Å². The van der Waals surface area contributed by atoms with Crippen LogP contribution in [0.15, 0.2) is 36.4 Å². The van der Waals surface area contributed by atoms with Crippen LogP contribution in [0, 0.1) is 0 Å². The van der Waals surface area contributed by atoms with Gasteiger partial charge >= 0.3 is 32.0 Å². The predicted octanol–water partition coefficient (Wildman–Crippen LogP) is 6.20. The van der Waals surface area contributed by atoms with Crippen molar-refractivity contribution >= 4 is 7.32 Å². The maximum atomic E-state index is 13.0. The minimum absolute atomic E-state index is 0.0291. The summed E-state index contributed by atoms with van der Waals surface area (Å²) in [6, 6.07) is -0.531. The molecule has 0 amide bonds. The van der Waals surface area contributed by atoms with Crippen molar-refractivity contribution in [1.29, 1.82) is 0 Å². The van der Waals surface area contributed by atoms with Crippen LogP contribution in [0.25, 0.3) is 0 Å². The van der Waals surface area contributed by atoms with Gasteiger partial charge in [0.15, 0.2) is 0 Å². The molecule has 2 aromatic rings. The van der Waals surface area contributed by atoms with Crippen LogP contribution in [0.2, 0.25) is 0 Å². The minimum atomic E-state index is -5.31. The van der Waals surface area contributed by atoms with Gasteiger partial charge in [-0.1, -0.05) is 0 Å². The van der Waals surface area contributed by atoms with Gasteiger partial charge in [0.2, 0.25) is 0 Å². The summed E-state index contributed by atoms with van der Waals surface area (Å²) >= 11 is 0. The number of halogens is 12. The second kappa shape index (κ2) is 8.29. The number of alkyl halides is 12. The zero-order chi connectivity index (χ0) is 24.7. The third-order valence-electron chi connectivity index (χ3n) is 3.64. The summed E-state index contributed by atoms with van der Waals surface area (Å²) in [6.07, 6.45) is -21.1. The van der Waals surface area contributed by atoms with Gasteiger partial charge in [-0.2, -0.15) is 52.7 Å². The Morgan fingerprint density at radius 1 is 0.562 bits per heavy atom. The lowest BCUT2D eigenvalue weighted by molar-refractivity contribution is -0.143. The lowest BCUT2D eigenvalue weighted by Gasteiger charge is -2.19. The van der Waals surface area contributed by atoms with Gasteiger partial charge in [0.1, 0.15) is 11.5 Å². The fourth-order valence-electron chi connectivity index (χ4n) is 2.27. The van der Waals surface area contributed by atoms with E-state index in [0.717, 1.165) is 0 Å². The first-order chi connectivity index (χ1) is 14.3. The Balaban J connectivity index is 2.41. The Morgan fingerprint density at radius 2 is 1.03 bits per heavy atom. The van der Waals surface area contributed by atoms with Crippen molar-refractivity contribution in [3.8, 4) is 11.5 Å². The Morgan fingerprint density at radius 3 is 1.44 bits per heavy atom. The summed E-state index contributed by atoms with van der Waals surface area (Å²) in [4.78, 5) is 0. The van der Waals surface area contributed by atoms with Gasteiger partial charge in [0, 0.05) is 0 Å². The maximum absolute atomic E-state index is 13.0. The smallest absolute Gasteiger partial charge is 0.501 e. The van der Waals surface area contributed by atoms with E-state index < -0.39 is 65.8 Å². The standard InChI is InChI=1S/C16H7BF12O3/c18-13(19,20)7-1-2-11(16(27,28)29)12(6-7)32-17(30)31-10-4-8(14(21,22)23)3-9(5-10)15(24,25)26/h1-6,30H. The largest absolute Gasteiger partial charge is 0.785 e. The number of rotatable bonds is 4. The highest BCUT2D eigenvalue weighted by Gasteiger charge is 2.40. The van der Waals surface area contributed by atoms with E-state index in [4.69, 9.17) is 0 Å². The Kier molecular flexibility index (Phi) is 6.60. The van der Waals surface area contributed by atoms with Crippen molar-refractivity contribution in [3.05, 3.63) is 58.7 Å². The molecule has 0 heterocycles. The normalized spacial score (nSPS) is 13.2. The molecule has 3 nitrogen and oxygen atoms in total. The highest BCUT2D eigenvalue weighted by Crippen LogP contribution is 2.41. The van der Waals surface area contributed by atoms with Crippen molar-refractivity contribution in [3.63, 3.8) is 0 Å². The molecule has 0 aromatic heterocycles. The third kappa shape index (κ3) is 6.37. The fourth-order valence-corrected chi connectivity index (χ4v) is 2.27. The second-order valence-electron chi connectivity index (χ2n) is 5.99. The highest BCUT2D eigenvalue weighted by molar-refractivity contribution is 6.36. The fraction of sp³-hybridized carbons (Fsp3) is 0.250. The summed E-state index contributed by atoms with van der Waals surface area (Å²) in [6.45, 7) is 0. The summed E-state index contributed by atoms with van der Waals surface area (Å²) in [7, 11) is -3.01. The molecular weight excluding hydrogens is 479 g/mol. The summed E-state index contributed by atoms with van der Waals surface area (Å²) in [5.41, 5.74) is -7.24. The molecule has 0 radical (unpaired) electrons. The van der Waals surface area contributed by atoms with E-state index in [0.29, 0.717) is 0 Å². The molecule has 0 aliphatic heterocycles. The van der Waals surface area contributed by atoms with Crippen molar-refractivity contribution in [2.24, 2.45) is 0 Å². The van der Waals surface area contributed by atoms with E-state index >= 15 is 0 Å². The van der Waals surface area contributed by atoms with E-state index in [2.05, 4.69) is 9.31 Å². The van der Waals surface area contributed by atoms with E-state index in [1.807, 2.05) is 0 Å². The summed E-state index contributed by atoms with van der Waals surface area (Å²) < 4.78 is 163. The van der Waals surface area contributed by atoms with Gasteiger partial charge < -0.3 is 14.3 Å². The van der Waals surface area contributed by atoms with E-state index in [1.54, 1.807) is 0 Å². The molecule has 0 aliphatic carbocycles. The van der Waals surface area contributed by atoms with Crippen molar-refractivity contribution in [1.82, 2.24) is 0 Å². The Labute approximate surface area is 170 Å². The lowest BCUT2D eigenvalue weighted by Crippen LogP contribution is -2.31. The first kappa shape index (κ1) is 25.5. The van der Waals surface area contributed by atoms with Crippen LogP contribution in [0.3, 0.4) is 0 Å². The van der Waals surface area contributed by atoms with Crippen LogP contribution in [-0.4, -0.2) is 12.3 Å². The molecule has 2 aromatic carbocycles. The third-order valence-corrected chi connectivity index (χ3v) is 3.64.